The molecule has 0 bridgehead atoms. The molecule has 0 aromatic heterocycles. The topological polar surface area (TPSA) is 97.3 Å². The summed E-state index contributed by atoms with van der Waals surface area (Å²) in [5, 5.41) is 12.8. The molecule has 1 heterocycles. The van der Waals surface area contributed by atoms with Gasteiger partial charge in [-0.1, -0.05) is 12.1 Å². The van der Waals surface area contributed by atoms with Crippen LogP contribution in [0.4, 0.5) is 8.78 Å². The van der Waals surface area contributed by atoms with Gasteiger partial charge in [-0.2, -0.15) is 0 Å². The van der Waals surface area contributed by atoms with Crippen LogP contribution in [0, 0.1) is 11.6 Å². The summed E-state index contributed by atoms with van der Waals surface area (Å²) in [6, 6.07) is 9.91. The number of methoxy groups -OCH3 is 1. The Morgan fingerprint density at radius 1 is 1.21 bits per heavy atom. The minimum atomic E-state index is -0.964. The number of β-amino-alcohol motifs (C(OH)–C–C–N with tert-alkyl or cyclic N) is 1. The SMILES string of the molecule is COC(=O)CNC(=O)c1ccccc1OCC(O)CN1CCC(Oc2ccc(F)c(F)c2)C1. The van der Waals surface area contributed by atoms with Gasteiger partial charge in [0.05, 0.1) is 12.7 Å². The van der Waals surface area contributed by atoms with Crippen LogP contribution in [0.25, 0.3) is 0 Å². The summed E-state index contributed by atoms with van der Waals surface area (Å²) < 4.78 is 42.2. The van der Waals surface area contributed by atoms with Crippen LogP contribution in [0.1, 0.15) is 16.8 Å². The van der Waals surface area contributed by atoms with Crippen LogP contribution in [-0.4, -0.2) is 74.0 Å². The molecule has 0 aliphatic carbocycles. The van der Waals surface area contributed by atoms with Crippen molar-refractivity contribution in [1.29, 1.82) is 0 Å². The number of rotatable bonds is 10. The number of esters is 1. The maximum atomic E-state index is 13.3. The van der Waals surface area contributed by atoms with Crippen molar-refractivity contribution >= 4 is 11.9 Å². The summed E-state index contributed by atoms with van der Waals surface area (Å²) in [6.45, 7) is 1.18. The van der Waals surface area contributed by atoms with Crippen LogP contribution in [-0.2, 0) is 9.53 Å². The average Bonchev–Trinajstić information content (AvgIpc) is 3.24. The average molecular weight is 464 g/mol. The molecule has 2 unspecified atom stereocenters. The number of likely N-dealkylation sites (tertiary alicyclic amines) is 1. The Morgan fingerprint density at radius 2 is 2.00 bits per heavy atom. The van der Waals surface area contributed by atoms with Crippen molar-refractivity contribution in [1.82, 2.24) is 10.2 Å². The van der Waals surface area contributed by atoms with Crippen molar-refractivity contribution in [2.75, 3.05) is 39.9 Å². The van der Waals surface area contributed by atoms with E-state index in [0.29, 0.717) is 26.1 Å². The quantitative estimate of drug-likeness (QED) is 0.517. The van der Waals surface area contributed by atoms with Crippen molar-refractivity contribution < 1.29 is 37.7 Å². The Bertz CT molecular complexity index is 974. The number of carbonyl (C=O) groups is 2. The molecule has 2 atom stereocenters. The van der Waals surface area contributed by atoms with E-state index in [1.54, 1.807) is 24.3 Å². The van der Waals surface area contributed by atoms with Gasteiger partial charge >= 0.3 is 5.97 Å². The maximum absolute atomic E-state index is 13.3. The standard InChI is InChI=1S/C23H26F2N2O6/c1-31-22(29)11-26-23(30)18-4-2-3-5-21(18)32-14-15(28)12-27-9-8-17(13-27)33-16-6-7-19(24)20(25)10-16/h2-7,10,15,17,28H,8-9,11-14H2,1H3,(H,26,30). The minimum Gasteiger partial charge on any atom is -0.490 e. The second-order valence-corrected chi connectivity index (χ2v) is 7.58. The molecular formula is C23H26F2N2O6. The number of ether oxygens (including phenoxy) is 3. The Hall–Kier alpha value is -3.24. The molecule has 10 heteroatoms. The van der Waals surface area contributed by atoms with E-state index in [9.17, 15) is 23.5 Å². The lowest BCUT2D eigenvalue weighted by Crippen LogP contribution is -2.35. The molecule has 8 nitrogen and oxygen atoms in total. The number of nitrogens with zero attached hydrogens (tertiary/aromatic N) is 1. The molecule has 0 radical (unpaired) electrons. The summed E-state index contributed by atoms with van der Waals surface area (Å²) in [5.41, 5.74) is 0.231. The number of hydrogen-bond acceptors (Lipinski definition) is 7. The third kappa shape index (κ3) is 7.13. The molecule has 33 heavy (non-hydrogen) atoms. The van der Waals surface area contributed by atoms with Crippen molar-refractivity contribution in [3.05, 3.63) is 59.7 Å². The number of hydrogen-bond donors (Lipinski definition) is 2. The van der Waals surface area contributed by atoms with Gasteiger partial charge in [-0.05, 0) is 30.7 Å². The van der Waals surface area contributed by atoms with Crippen LogP contribution < -0.4 is 14.8 Å². The molecular weight excluding hydrogens is 438 g/mol. The number of halogens is 2. The summed E-state index contributed by atoms with van der Waals surface area (Å²) in [5.74, 6) is -2.43. The monoisotopic (exact) mass is 464 g/mol. The number of benzene rings is 2. The smallest absolute Gasteiger partial charge is 0.325 e. The molecule has 2 N–H and O–H groups in total. The van der Waals surface area contributed by atoms with Crippen molar-refractivity contribution in [3.63, 3.8) is 0 Å². The van der Waals surface area contributed by atoms with Gasteiger partial charge in [0.2, 0.25) is 0 Å². The molecule has 0 spiro atoms. The lowest BCUT2D eigenvalue weighted by molar-refractivity contribution is -0.139. The Labute approximate surface area is 190 Å². The first kappa shape index (κ1) is 24.4. The fraction of sp³-hybridized carbons (Fsp3) is 0.391. The first-order valence-corrected chi connectivity index (χ1v) is 10.4. The highest BCUT2D eigenvalue weighted by atomic mass is 19.2. The minimum absolute atomic E-state index is 0.0491. The van der Waals surface area contributed by atoms with Crippen molar-refractivity contribution in [2.24, 2.45) is 0 Å². The highest BCUT2D eigenvalue weighted by Gasteiger charge is 2.26. The first-order chi connectivity index (χ1) is 15.9. The van der Waals surface area contributed by atoms with E-state index in [2.05, 4.69) is 10.1 Å². The van der Waals surface area contributed by atoms with Crippen molar-refractivity contribution in [3.8, 4) is 11.5 Å². The molecule has 1 saturated heterocycles. The number of aliphatic hydroxyl groups excluding tert-OH is 1. The van der Waals surface area contributed by atoms with Gasteiger partial charge in [0.1, 0.15) is 36.9 Å². The molecule has 1 amide bonds. The fourth-order valence-electron chi connectivity index (χ4n) is 3.44. The molecule has 2 aromatic carbocycles. The molecule has 1 fully saturated rings. The molecule has 1 aliphatic rings. The third-order valence-corrected chi connectivity index (χ3v) is 5.08. The number of para-hydroxylation sites is 1. The maximum Gasteiger partial charge on any atom is 0.325 e. The lowest BCUT2D eigenvalue weighted by atomic mass is 10.2. The number of aliphatic hydroxyl groups is 1. The number of nitrogens with one attached hydrogen (secondary N) is 1. The van der Waals surface area contributed by atoms with Gasteiger partial charge in [-0.3, -0.25) is 14.5 Å². The van der Waals surface area contributed by atoms with Crippen molar-refractivity contribution in [2.45, 2.75) is 18.6 Å². The normalized spacial score (nSPS) is 16.8. The van der Waals surface area contributed by atoms with E-state index >= 15 is 0 Å². The van der Waals surface area contributed by atoms with Crippen LogP contribution in [0.15, 0.2) is 42.5 Å². The van der Waals surface area contributed by atoms with E-state index in [-0.39, 0.29) is 36.3 Å². The van der Waals surface area contributed by atoms with Gasteiger partial charge < -0.3 is 24.6 Å². The Kier molecular flexibility index (Phi) is 8.56. The van der Waals surface area contributed by atoms with Crippen LogP contribution >= 0.6 is 0 Å². The van der Waals surface area contributed by atoms with Gasteiger partial charge in [-0.25, -0.2) is 8.78 Å². The number of carbonyl (C=O) groups excluding carboxylic acids is 2. The third-order valence-electron chi connectivity index (χ3n) is 5.08. The highest BCUT2D eigenvalue weighted by Crippen LogP contribution is 2.21. The van der Waals surface area contributed by atoms with E-state index in [0.717, 1.165) is 12.1 Å². The molecule has 0 saturated carbocycles. The number of amides is 1. The predicted molar refractivity (Wildman–Crippen MR) is 114 cm³/mol. The molecule has 1 aliphatic heterocycles. The van der Waals surface area contributed by atoms with Crippen LogP contribution in [0.5, 0.6) is 11.5 Å². The Balaban J connectivity index is 1.46. The van der Waals surface area contributed by atoms with E-state index in [4.69, 9.17) is 9.47 Å². The zero-order chi connectivity index (χ0) is 23.8. The van der Waals surface area contributed by atoms with Crippen LogP contribution in [0.3, 0.4) is 0 Å². The highest BCUT2D eigenvalue weighted by molar-refractivity contribution is 5.98. The largest absolute Gasteiger partial charge is 0.490 e. The summed E-state index contributed by atoms with van der Waals surface area (Å²) >= 11 is 0. The molecule has 2 aromatic rings. The van der Waals surface area contributed by atoms with Gasteiger partial charge in [0, 0.05) is 25.7 Å². The predicted octanol–water partition coefficient (Wildman–Crippen LogP) is 1.76. The van der Waals surface area contributed by atoms with E-state index < -0.39 is 29.6 Å². The van der Waals surface area contributed by atoms with Gasteiger partial charge in [0.25, 0.3) is 5.91 Å². The zero-order valence-corrected chi connectivity index (χ0v) is 18.1. The second kappa shape index (κ2) is 11.6. The zero-order valence-electron chi connectivity index (χ0n) is 18.1. The summed E-state index contributed by atoms with van der Waals surface area (Å²) in [4.78, 5) is 25.5. The Morgan fingerprint density at radius 3 is 2.76 bits per heavy atom. The second-order valence-electron chi connectivity index (χ2n) is 7.58. The first-order valence-electron chi connectivity index (χ1n) is 10.4. The molecule has 178 valence electrons. The van der Waals surface area contributed by atoms with E-state index in [1.165, 1.54) is 13.2 Å². The van der Waals surface area contributed by atoms with Gasteiger partial charge in [-0.15, -0.1) is 0 Å². The van der Waals surface area contributed by atoms with Gasteiger partial charge in [0.15, 0.2) is 11.6 Å². The summed E-state index contributed by atoms with van der Waals surface area (Å²) in [7, 11) is 1.23. The van der Waals surface area contributed by atoms with Crippen LogP contribution in [0.2, 0.25) is 0 Å². The molecule has 3 rings (SSSR count). The summed E-state index contributed by atoms with van der Waals surface area (Å²) in [6.07, 6.45) is -0.365. The fourth-order valence-corrected chi connectivity index (χ4v) is 3.44. The van der Waals surface area contributed by atoms with E-state index in [1.807, 2.05) is 4.90 Å². The lowest BCUT2D eigenvalue weighted by Gasteiger charge is -2.21.